The van der Waals surface area contributed by atoms with Crippen molar-refractivity contribution < 1.29 is 4.79 Å². The van der Waals surface area contributed by atoms with Crippen LogP contribution in [-0.4, -0.2) is 58.9 Å². The first-order valence-corrected chi connectivity index (χ1v) is 14.2. The molecule has 0 aliphatic carbocycles. The van der Waals surface area contributed by atoms with Gasteiger partial charge in [0.25, 0.3) is 5.91 Å². The summed E-state index contributed by atoms with van der Waals surface area (Å²) in [5.74, 6) is 0.349. The maximum absolute atomic E-state index is 12.3. The van der Waals surface area contributed by atoms with E-state index in [1.807, 2.05) is 45.0 Å². The van der Waals surface area contributed by atoms with Crippen molar-refractivity contribution in [2.24, 2.45) is 0 Å². The number of pyridine rings is 2. The molecular weight excluding hydrogens is 508 g/mol. The molecule has 1 aliphatic rings. The molecule has 3 heterocycles. The van der Waals surface area contributed by atoms with E-state index in [9.17, 15) is 10.1 Å². The summed E-state index contributed by atoms with van der Waals surface area (Å²) in [6.07, 6.45) is 7.20. The zero-order valence-electron chi connectivity index (χ0n) is 25.6. The van der Waals surface area contributed by atoms with Crippen LogP contribution >= 0.6 is 0 Å². The van der Waals surface area contributed by atoms with E-state index in [1.54, 1.807) is 31.3 Å². The highest BCUT2D eigenvalue weighted by Gasteiger charge is 2.21. The number of rotatable bonds is 6. The van der Waals surface area contributed by atoms with Gasteiger partial charge in [-0.3, -0.25) is 14.7 Å². The van der Waals surface area contributed by atoms with Gasteiger partial charge in [-0.15, -0.1) is 0 Å². The summed E-state index contributed by atoms with van der Waals surface area (Å²) in [7, 11) is 3.55. The predicted octanol–water partition coefficient (Wildman–Crippen LogP) is 6.52. The van der Waals surface area contributed by atoms with Gasteiger partial charge in [0, 0.05) is 61.8 Å². The Hall–Kier alpha value is -4.28. The lowest BCUT2D eigenvalue weighted by atomic mass is 9.92. The van der Waals surface area contributed by atoms with E-state index >= 15 is 0 Å². The number of nitrogens with zero attached hydrogens (tertiary/aromatic N) is 5. The first kappa shape index (κ1) is 31.3. The minimum atomic E-state index is 0.0213. The third-order valence-electron chi connectivity index (χ3n) is 7.55. The van der Waals surface area contributed by atoms with Crippen molar-refractivity contribution in [2.45, 2.75) is 54.0 Å². The van der Waals surface area contributed by atoms with Gasteiger partial charge in [-0.1, -0.05) is 37.6 Å². The van der Waals surface area contributed by atoms with Crippen LogP contribution in [0, 0.1) is 25.2 Å². The number of aromatic nitrogens is 2. The molecule has 0 fully saturated rings. The Morgan fingerprint density at radius 2 is 1.83 bits per heavy atom. The van der Waals surface area contributed by atoms with Crippen molar-refractivity contribution in [2.75, 3.05) is 32.9 Å². The largest absolute Gasteiger partial charge is 0.384 e. The van der Waals surface area contributed by atoms with Gasteiger partial charge in [0.15, 0.2) is 5.69 Å². The summed E-state index contributed by atoms with van der Waals surface area (Å²) < 4.78 is 0. The Bertz CT molecular complexity index is 1510. The summed E-state index contributed by atoms with van der Waals surface area (Å²) in [6.45, 7) is 14.2. The molecule has 0 saturated heterocycles. The fourth-order valence-electron chi connectivity index (χ4n) is 5.10. The second kappa shape index (κ2) is 13.9. The molecule has 1 amide bonds. The van der Waals surface area contributed by atoms with Crippen LogP contribution in [0.2, 0.25) is 0 Å². The number of nitrogens with two attached hydrogens (primary N) is 1. The summed E-state index contributed by atoms with van der Waals surface area (Å²) in [6, 6.07) is 13.9. The van der Waals surface area contributed by atoms with E-state index in [0.29, 0.717) is 11.5 Å². The van der Waals surface area contributed by atoms with Gasteiger partial charge in [0.1, 0.15) is 11.9 Å². The lowest BCUT2D eigenvalue weighted by Crippen LogP contribution is -2.37. The molecule has 7 nitrogen and oxygen atoms in total. The molecule has 1 atom stereocenters. The topological polar surface area (TPSA) is 99.1 Å². The van der Waals surface area contributed by atoms with E-state index in [1.165, 1.54) is 16.7 Å². The molecule has 214 valence electrons. The molecule has 0 bridgehead atoms. The Morgan fingerprint density at radius 3 is 2.44 bits per heavy atom. The zero-order chi connectivity index (χ0) is 30.3. The van der Waals surface area contributed by atoms with Crippen LogP contribution in [0.3, 0.4) is 0 Å². The molecule has 0 spiro atoms. The van der Waals surface area contributed by atoms with Crippen molar-refractivity contribution in [1.82, 2.24) is 19.8 Å². The second-order valence-electron chi connectivity index (χ2n) is 10.4. The Labute approximate surface area is 245 Å². The molecule has 0 saturated carbocycles. The fourth-order valence-corrected chi connectivity index (χ4v) is 5.10. The summed E-state index contributed by atoms with van der Waals surface area (Å²) in [5, 5.41) is 9.66. The van der Waals surface area contributed by atoms with E-state index in [-0.39, 0.29) is 11.9 Å². The Morgan fingerprint density at radius 1 is 1.12 bits per heavy atom. The number of anilines is 1. The lowest BCUT2D eigenvalue weighted by Gasteiger charge is -2.33. The first-order chi connectivity index (χ1) is 19.6. The minimum absolute atomic E-state index is 0.0213. The van der Waals surface area contributed by atoms with Gasteiger partial charge in [-0.05, 0) is 86.7 Å². The van der Waals surface area contributed by atoms with Gasteiger partial charge in [0.05, 0.1) is 0 Å². The van der Waals surface area contributed by atoms with Crippen LogP contribution in [0.1, 0.15) is 72.6 Å². The average Bonchev–Trinajstić information content (AvgIpc) is 2.98. The minimum Gasteiger partial charge on any atom is -0.384 e. The standard InChI is InChI=1S/C32H36N6O.C2H6/c1-20(18-29-22(3)35-14-11-27(29)28-9-10-31(34)36-30(28)19-33)23(4)38-15-12-24(13-16-38)26-8-7-25(17-21(26)2)32(39)37(5)6;1-2/h7-12,14,17-18,23H,13,15-16H2,1-6H3,(H2,34,36);1-2H3/b20-18+;. The maximum atomic E-state index is 12.3. The number of benzene rings is 1. The van der Waals surface area contributed by atoms with Crippen molar-refractivity contribution in [1.29, 1.82) is 5.26 Å². The maximum Gasteiger partial charge on any atom is 0.253 e. The van der Waals surface area contributed by atoms with Gasteiger partial charge in [0.2, 0.25) is 0 Å². The monoisotopic (exact) mass is 550 g/mol. The number of amides is 1. The van der Waals surface area contributed by atoms with E-state index in [4.69, 9.17) is 5.73 Å². The van der Waals surface area contributed by atoms with E-state index in [0.717, 1.165) is 53.0 Å². The highest BCUT2D eigenvalue weighted by Crippen LogP contribution is 2.32. The molecule has 4 rings (SSSR count). The fraction of sp³-hybridized carbons (Fsp3) is 0.353. The van der Waals surface area contributed by atoms with Gasteiger partial charge in [-0.25, -0.2) is 4.98 Å². The first-order valence-electron chi connectivity index (χ1n) is 14.2. The second-order valence-corrected chi connectivity index (χ2v) is 10.4. The van der Waals surface area contributed by atoms with Crippen molar-refractivity contribution in [3.8, 4) is 17.2 Å². The molecular formula is C34H42N6O. The normalized spacial score (nSPS) is 14.3. The van der Waals surface area contributed by atoms with E-state index < -0.39 is 0 Å². The number of nitrogen functional groups attached to an aromatic ring is 1. The molecule has 1 aromatic carbocycles. The highest BCUT2D eigenvalue weighted by atomic mass is 16.2. The number of aryl methyl sites for hydroxylation is 2. The molecule has 7 heteroatoms. The van der Waals surface area contributed by atoms with Gasteiger partial charge in [-0.2, -0.15) is 5.26 Å². The number of hydrogen-bond donors (Lipinski definition) is 1. The number of hydrogen-bond acceptors (Lipinski definition) is 6. The quantitative estimate of drug-likeness (QED) is 0.375. The molecule has 1 aliphatic heterocycles. The van der Waals surface area contributed by atoms with Crippen LogP contribution in [0.15, 0.2) is 54.2 Å². The Balaban J connectivity index is 0.00000226. The average molecular weight is 551 g/mol. The number of carbonyl (C=O) groups excluding carboxylic acids is 1. The molecule has 3 aromatic rings. The molecule has 2 aromatic heterocycles. The van der Waals surface area contributed by atoms with Crippen LogP contribution in [0.25, 0.3) is 22.8 Å². The van der Waals surface area contributed by atoms with Gasteiger partial charge >= 0.3 is 0 Å². The van der Waals surface area contributed by atoms with Crippen molar-refractivity contribution >= 4 is 23.4 Å². The number of nitriles is 1. The third kappa shape index (κ3) is 7.08. The zero-order valence-corrected chi connectivity index (χ0v) is 25.6. The van der Waals surface area contributed by atoms with Crippen molar-refractivity contribution in [3.63, 3.8) is 0 Å². The van der Waals surface area contributed by atoms with Crippen LogP contribution in [-0.2, 0) is 0 Å². The third-order valence-corrected chi connectivity index (χ3v) is 7.55. The summed E-state index contributed by atoms with van der Waals surface area (Å²) in [4.78, 5) is 25.2. The Kier molecular flexibility index (Phi) is 10.6. The highest BCUT2D eigenvalue weighted by molar-refractivity contribution is 5.94. The summed E-state index contributed by atoms with van der Waals surface area (Å²) >= 11 is 0. The van der Waals surface area contributed by atoms with Crippen LogP contribution in [0.5, 0.6) is 0 Å². The smallest absolute Gasteiger partial charge is 0.253 e. The van der Waals surface area contributed by atoms with Crippen LogP contribution in [0.4, 0.5) is 5.82 Å². The molecule has 0 radical (unpaired) electrons. The van der Waals surface area contributed by atoms with Gasteiger partial charge < -0.3 is 10.6 Å². The van der Waals surface area contributed by atoms with Crippen molar-refractivity contribution in [3.05, 3.63) is 87.9 Å². The SMILES string of the molecule is C/C(=C\c1c(-c2ccc(N)nc2C#N)ccnc1C)C(C)N1CC=C(c2ccc(C(=O)N(C)C)cc2C)CC1.CC. The van der Waals surface area contributed by atoms with Crippen LogP contribution < -0.4 is 5.73 Å². The van der Waals surface area contributed by atoms with E-state index in [2.05, 4.69) is 59.9 Å². The predicted molar refractivity (Wildman–Crippen MR) is 169 cm³/mol. The lowest BCUT2D eigenvalue weighted by molar-refractivity contribution is 0.0827. The number of carbonyl (C=O) groups is 1. The summed E-state index contributed by atoms with van der Waals surface area (Å²) in [5.41, 5.74) is 15.3. The molecule has 41 heavy (non-hydrogen) atoms. The molecule has 2 N–H and O–H groups in total. The molecule has 1 unspecified atom stereocenters.